The van der Waals surface area contributed by atoms with Gasteiger partial charge in [0.2, 0.25) is 0 Å². The number of esters is 4. The standard InChI is InChI=1S/C30H24N4O10/c35-17-23(41-27(37)19-5-1-9-31-13-19)25(43-29(39)21-7-3-11-33-15-21)26(44-30(40)22-8-4-12-34-16-22)24(18-36)42-28(38)20-6-2-10-32-14-20/h1-17,23-26,36H,18H2/t23-,24+,25+,26+/m0/s1. The average Bonchev–Trinajstić information content (AvgIpc) is 3.09. The van der Waals surface area contributed by atoms with Gasteiger partial charge in [0.05, 0.1) is 28.9 Å². The first-order chi connectivity index (χ1) is 21.4. The molecule has 0 bridgehead atoms. The fourth-order valence-corrected chi connectivity index (χ4v) is 3.77. The second kappa shape index (κ2) is 15.4. The molecule has 0 aromatic carbocycles. The molecule has 0 unspecified atom stereocenters. The molecule has 14 heteroatoms. The van der Waals surface area contributed by atoms with E-state index in [1.54, 1.807) is 0 Å². The molecule has 4 atom stereocenters. The molecule has 0 aliphatic heterocycles. The lowest BCUT2D eigenvalue weighted by molar-refractivity contribution is -0.142. The molecule has 0 spiro atoms. The number of carbonyl (C=O) groups is 5. The Bertz CT molecular complexity index is 1560. The molecule has 1 N–H and O–H groups in total. The predicted molar refractivity (Wildman–Crippen MR) is 147 cm³/mol. The van der Waals surface area contributed by atoms with Crippen LogP contribution >= 0.6 is 0 Å². The van der Waals surface area contributed by atoms with Crippen molar-refractivity contribution in [2.24, 2.45) is 0 Å². The van der Waals surface area contributed by atoms with E-state index in [0.717, 1.165) is 0 Å². The lowest BCUT2D eigenvalue weighted by Gasteiger charge is -2.33. The number of aldehydes is 1. The molecular weight excluding hydrogens is 576 g/mol. The number of nitrogens with zero attached hydrogens (tertiary/aromatic N) is 4. The van der Waals surface area contributed by atoms with Gasteiger partial charge in [0.15, 0.2) is 30.7 Å². The van der Waals surface area contributed by atoms with Crippen LogP contribution in [0.4, 0.5) is 0 Å². The quantitative estimate of drug-likeness (QED) is 0.132. The Labute approximate surface area is 249 Å². The first-order valence-corrected chi connectivity index (χ1v) is 12.9. The molecule has 14 nitrogen and oxygen atoms in total. The van der Waals surface area contributed by atoms with E-state index in [-0.39, 0.29) is 28.5 Å². The third-order valence-corrected chi connectivity index (χ3v) is 5.90. The highest BCUT2D eigenvalue weighted by Crippen LogP contribution is 2.22. The van der Waals surface area contributed by atoms with Crippen molar-refractivity contribution >= 4 is 30.2 Å². The molecule has 4 heterocycles. The summed E-state index contributed by atoms with van der Waals surface area (Å²) in [6.07, 6.45) is 2.89. The maximum absolute atomic E-state index is 13.2. The second-order valence-corrected chi connectivity index (χ2v) is 8.84. The van der Waals surface area contributed by atoms with E-state index in [0.29, 0.717) is 0 Å². The summed E-state index contributed by atoms with van der Waals surface area (Å²) in [6, 6.07) is 11.3. The summed E-state index contributed by atoms with van der Waals surface area (Å²) >= 11 is 0. The number of aliphatic hydroxyl groups is 1. The third kappa shape index (κ3) is 8.10. The molecule has 44 heavy (non-hydrogen) atoms. The van der Waals surface area contributed by atoms with Crippen LogP contribution in [0.5, 0.6) is 0 Å². The van der Waals surface area contributed by atoms with Gasteiger partial charge >= 0.3 is 23.9 Å². The van der Waals surface area contributed by atoms with E-state index >= 15 is 0 Å². The van der Waals surface area contributed by atoms with E-state index in [1.807, 2.05) is 0 Å². The Hall–Kier alpha value is -5.89. The Morgan fingerprint density at radius 3 is 1.30 bits per heavy atom. The van der Waals surface area contributed by atoms with Crippen LogP contribution in [0.2, 0.25) is 0 Å². The highest BCUT2D eigenvalue weighted by Gasteiger charge is 2.45. The van der Waals surface area contributed by atoms with E-state index in [9.17, 15) is 29.1 Å². The summed E-state index contributed by atoms with van der Waals surface area (Å²) in [7, 11) is 0. The van der Waals surface area contributed by atoms with Crippen LogP contribution in [0.1, 0.15) is 41.4 Å². The fraction of sp³-hybridized carbons (Fsp3) is 0.167. The van der Waals surface area contributed by atoms with Crippen molar-refractivity contribution in [3.63, 3.8) is 0 Å². The zero-order valence-electron chi connectivity index (χ0n) is 22.7. The van der Waals surface area contributed by atoms with Gasteiger partial charge < -0.3 is 24.1 Å². The molecule has 0 radical (unpaired) electrons. The smallest absolute Gasteiger partial charge is 0.340 e. The summed E-state index contributed by atoms with van der Waals surface area (Å²) in [5, 5.41) is 10.3. The normalized spacial score (nSPS) is 13.3. The average molecular weight is 601 g/mol. The van der Waals surface area contributed by atoms with Crippen molar-refractivity contribution in [3.8, 4) is 0 Å². The molecular formula is C30H24N4O10. The van der Waals surface area contributed by atoms with Gasteiger partial charge in [-0.1, -0.05) is 0 Å². The predicted octanol–water partition coefficient (Wildman–Crippen LogP) is 1.66. The highest BCUT2D eigenvalue weighted by atomic mass is 16.6. The Morgan fingerprint density at radius 1 is 0.591 bits per heavy atom. The Balaban J connectivity index is 1.75. The number of pyridine rings is 4. The van der Waals surface area contributed by atoms with Gasteiger partial charge in [-0.2, -0.15) is 0 Å². The third-order valence-electron chi connectivity index (χ3n) is 5.90. The maximum atomic E-state index is 13.2. The molecule has 0 amide bonds. The largest absolute Gasteiger partial charge is 0.452 e. The molecule has 0 saturated heterocycles. The van der Waals surface area contributed by atoms with Crippen molar-refractivity contribution in [1.82, 2.24) is 19.9 Å². The second-order valence-electron chi connectivity index (χ2n) is 8.84. The summed E-state index contributed by atoms with van der Waals surface area (Å²) in [4.78, 5) is 80.0. The van der Waals surface area contributed by atoms with Gasteiger partial charge in [-0.05, 0) is 48.5 Å². The molecule has 4 rings (SSSR count). The van der Waals surface area contributed by atoms with Crippen LogP contribution in [-0.4, -0.2) is 86.2 Å². The van der Waals surface area contributed by atoms with Crippen LogP contribution in [0, 0.1) is 0 Å². The van der Waals surface area contributed by atoms with Gasteiger partial charge in [0, 0.05) is 49.6 Å². The van der Waals surface area contributed by atoms with Crippen molar-refractivity contribution in [1.29, 1.82) is 0 Å². The van der Waals surface area contributed by atoms with Gasteiger partial charge in [0.1, 0.15) is 0 Å². The number of carbonyl (C=O) groups excluding carboxylic acids is 5. The summed E-state index contributed by atoms with van der Waals surface area (Å²) < 4.78 is 22.0. The number of aromatic nitrogens is 4. The first kappa shape index (κ1) is 31.1. The molecule has 0 fully saturated rings. The van der Waals surface area contributed by atoms with Crippen molar-refractivity contribution in [2.75, 3.05) is 6.61 Å². The molecule has 0 saturated carbocycles. The van der Waals surface area contributed by atoms with Gasteiger partial charge in [-0.3, -0.25) is 24.7 Å². The number of rotatable bonds is 13. The number of aliphatic hydroxyl groups excluding tert-OH is 1. The first-order valence-electron chi connectivity index (χ1n) is 12.9. The summed E-state index contributed by atoms with van der Waals surface area (Å²) in [5.41, 5.74) is -0.226. The zero-order chi connectivity index (χ0) is 31.3. The molecule has 0 aliphatic rings. The Kier molecular flexibility index (Phi) is 10.8. The molecule has 0 aliphatic carbocycles. The van der Waals surface area contributed by atoms with Crippen molar-refractivity contribution in [3.05, 3.63) is 120 Å². The topological polar surface area (TPSA) is 194 Å². The maximum Gasteiger partial charge on any atom is 0.340 e. The monoisotopic (exact) mass is 600 g/mol. The number of hydrogen-bond acceptors (Lipinski definition) is 14. The zero-order valence-corrected chi connectivity index (χ0v) is 22.7. The van der Waals surface area contributed by atoms with Gasteiger partial charge in [0.25, 0.3) is 0 Å². The van der Waals surface area contributed by atoms with E-state index < -0.39 is 54.9 Å². The van der Waals surface area contributed by atoms with E-state index in [2.05, 4.69) is 19.9 Å². The van der Waals surface area contributed by atoms with Crippen LogP contribution < -0.4 is 0 Å². The Morgan fingerprint density at radius 2 is 0.955 bits per heavy atom. The van der Waals surface area contributed by atoms with Crippen LogP contribution in [-0.2, 0) is 23.7 Å². The lowest BCUT2D eigenvalue weighted by atomic mass is 10.0. The van der Waals surface area contributed by atoms with Crippen LogP contribution in [0.15, 0.2) is 98.1 Å². The van der Waals surface area contributed by atoms with Crippen LogP contribution in [0.3, 0.4) is 0 Å². The van der Waals surface area contributed by atoms with Gasteiger partial charge in [-0.25, -0.2) is 19.2 Å². The van der Waals surface area contributed by atoms with Gasteiger partial charge in [-0.15, -0.1) is 0 Å². The SMILES string of the molecule is O=C[C@H](OC(=O)c1cccnc1)[C@@H](OC(=O)c1cccnc1)[C@H](OC(=O)c1cccnc1)[C@@H](CO)OC(=O)c1cccnc1. The van der Waals surface area contributed by atoms with Crippen molar-refractivity contribution < 1.29 is 48.0 Å². The minimum atomic E-state index is -1.96. The lowest BCUT2D eigenvalue weighted by Crippen LogP contribution is -2.53. The minimum Gasteiger partial charge on any atom is -0.452 e. The number of ether oxygens (including phenoxy) is 4. The molecule has 224 valence electrons. The summed E-state index contributed by atoms with van der Waals surface area (Å²) in [5.74, 6) is -4.15. The highest BCUT2D eigenvalue weighted by molar-refractivity contribution is 5.92. The van der Waals surface area contributed by atoms with Crippen LogP contribution in [0.25, 0.3) is 0 Å². The molecule has 4 aromatic rings. The fourth-order valence-electron chi connectivity index (χ4n) is 3.77. The summed E-state index contributed by atoms with van der Waals surface area (Å²) in [6.45, 7) is -0.986. The van der Waals surface area contributed by atoms with Crippen molar-refractivity contribution in [2.45, 2.75) is 24.4 Å². The minimum absolute atomic E-state index is 0.0258. The van der Waals surface area contributed by atoms with E-state index in [1.165, 1.54) is 98.1 Å². The number of hydrogen-bond donors (Lipinski definition) is 1. The van der Waals surface area contributed by atoms with E-state index in [4.69, 9.17) is 18.9 Å². The molecule has 4 aromatic heterocycles.